The quantitative estimate of drug-likeness (QED) is 0.208. The second-order valence-electron chi connectivity index (χ2n) is 8.72. The average molecular weight is 628 g/mol. The number of carbonyl (C=O) groups excluding carboxylic acids is 1. The van der Waals surface area contributed by atoms with Gasteiger partial charge in [0.05, 0.1) is 33.6 Å². The lowest BCUT2D eigenvalue weighted by Crippen LogP contribution is -2.72. The molecule has 0 rings (SSSR count). The number of sulfonamides is 1. The molecule has 0 aliphatic rings. The van der Waals surface area contributed by atoms with E-state index in [0.717, 1.165) is 0 Å². The van der Waals surface area contributed by atoms with E-state index in [4.69, 9.17) is 5.11 Å². The summed E-state index contributed by atoms with van der Waals surface area (Å²) in [5.41, 5.74) is 0. The Hall–Kier alpha value is -2.10. The van der Waals surface area contributed by atoms with E-state index >= 15 is 0 Å². The van der Waals surface area contributed by atoms with E-state index in [2.05, 4.69) is 0 Å². The zero-order valence-electron chi connectivity index (χ0n) is 19.7. The highest BCUT2D eigenvalue weighted by Gasteiger charge is 2.92. The first-order chi connectivity index (χ1) is 16.9. The van der Waals surface area contributed by atoms with Gasteiger partial charge in [0.2, 0.25) is 0 Å². The highest BCUT2D eigenvalue weighted by atomic mass is 32.2. The van der Waals surface area contributed by atoms with Crippen LogP contribution in [0.5, 0.6) is 0 Å². The predicted molar refractivity (Wildman–Crippen MR) is 99.6 cm³/mol. The first kappa shape index (κ1) is 36.9. The van der Waals surface area contributed by atoms with Gasteiger partial charge in [-0.3, -0.25) is 4.79 Å². The number of quaternary nitrogens is 1. The van der Waals surface area contributed by atoms with Gasteiger partial charge in [-0.25, -0.2) is 8.42 Å². The van der Waals surface area contributed by atoms with Gasteiger partial charge in [0.25, 0.3) is 10.0 Å². The Morgan fingerprint density at radius 3 is 1.56 bits per heavy atom. The Bertz CT molecular complexity index is 1000. The molecule has 0 saturated heterocycles. The van der Waals surface area contributed by atoms with Crippen molar-refractivity contribution in [3.05, 3.63) is 0 Å². The van der Waals surface area contributed by atoms with Crippen LogP contribution in [0.1, 0.15) is 19.3 Å². The van der Waals surface area contributed by atoms with Crippen LogP contribution >= 0.6 is 0 Å². The molecule has 0 aromatic carbocycles. The summed E-state index contributed by atoms with van der Waals surface area (Å²) in [5, 5.41) is 11.7. The molecular weight excluding hydrogens is 607 g/mol. The lowest BCUT2D eigenvalue weighted by Gasteiger charge is -2.40. The summed E-state index contributed by atoms with van der Waals surface area (Å²) in [7, 11) is -4.82. The summed E-state index contributed by atoms with van der Waals surface area (Å²) >= 11 is 0. The van der Waals surface area contributed by atoms with Crippen molar-refractivity contribution in [2.24, 2.45) is 0 Å². The standard InChI is InChI=1S/C17H21F13N2O6S/c1-32(2,9-5-11(35)36)8-3-6-31(7-4-10(33)34)39(37,38)17(29,30)15(24,25)13(20,21)12(18,19)14(22,23)16(26,27)28/h3-9H2,1-2H3,(H-,33,34,35,36). The SMILES string of the molecule is C[N+](C)(CCCN(CCC(=O)O)S(=O)(=O)C(F)(F)C(F)(F)C(F)(F)C(F)(F)C(F)(F)C(F)(F)F)CCC(=O)[O-]. The summed E-state index contributed by atoms with van der Waals surface area (Å²) in [6.45, 7) is -3.71. The molecular formula is C17H21F13N2O6S. The van der Waals surface area contributed by atoms with Crippen LogP contribution in [0, 0.1) is 0 Å². The number of carboxylic acids is 2. The Balaban J connectivity index is 6.48. The first-order valence-electron chi connectivity index (χ1n) is 10.1. The predicted octanol–water partition coefficient (Wildman–Crippen LogP) is 2.40. The summed E-state index contributed by atoms with van der Waals surface area (Å²) in [6.07, 6.45) is -10.5. The molecule has 0 amide bonds. The highest BCUT2D eigenvalue weighted by molar-refractivity contribution is 7.90. The molecule has 1 N–H and O–H groups in total. The van der Waals surface area contributed by atoms with Gasteiger partial charge < -0.3 is 19.5 Å². The van der Waals surface area contributed by atoms with Crippen LogP contribution in [-0.4, -0.2) is 110 Å². The third-order valence-corrected chi connectivity index (χ3v) is 7.19. The van der Waals surface area contributed by atoms with Crippen molar-refractivity contribution in [1.29, 1.82) is 0 Å². The summed E-state index contributed by atoms with van der Waals surface area (Å²) in [4.78, 5) is 21.3. The van der Waals surface area contributed by atoms with Gasteiger partial charge in [0.1, 0.15) is 0 Å². The normalized spacial score (nSPS) is 15.1. The van der Waals surface area contributed by atoms with E-state index in [9.17, 15) is 80.2 Å². The third-order valence-electron chi connectivity index (χ3n) is 5.24. The van der Waals surface area contributed by atoms with E-state index < -0.39 is 93.7 Å². The van der Waals surface area contributed by atoms with Gasteiger partial charge in [0.15, 0.2) is 0 Å². The molecule has 0 unspecified atom stereocenters. The van der Waals surface area contributed by atoms with Gasteiger partial charge in [-0.1, -0.05) is 0 Å². The number of alkyl halides is 13. The van der Waals surface area contributed by atoms with Gasteiger partial charge in [0, 0.05) is 31.9 Å². The number of carbonyl (C=O) groups is 2. The van der Waals surface area contributed by atoms with Crippen molar-refractivity contribution in [2.75, 3.05) is 40.3 Å². The van der Waals surface area contributed by atoms with Crippen LogP contribution in [0.2, 0.25) is 0 Å². The molecule has 0 aromatic rings. The van der Waals surface area contributed by atoms with E-state index in [1.54, 1.807) is 0 Å². The molecule has 0 radical (unpaired) electrons. The van der Waals surface area contributed by atoms with Crippen molar-refractivity contribution in [3.8, 4) is 0 Å². The molecule has 0 heterocycles. The second kappa shape index (κ2) is 11.4. The average Bonchev–Trinajstić information content (AvgIpc) is 2.72. The molecule has 22 heteroatoms. The van der Waals surface area contributed by atoms with E-state index in [1.165, 1.54) is 14.1 Å². The van der Waals surface area contributed by atoms with E-state index in [-0.39, 0.29) is 17.6 Å². The highest BCUT2D eigenvalue weighted by Crippen LogP contribution is 2.61. The Morgan fingerprint density at radius 1 is 0.744 bits per heavy atom. The molecule has 0 spiro atoms. The number of hydrogen-bond donors (Lipinski definition) is 1. The smallest absolute Gasteiger partial charge is 0.460 e. The molecule has 39 heavy (non-hydrogen) atoms. The molecule has 8 nitrogen and oxygen atoms in total. The van der Waals surface area contributed by atoms with Crippen molar-refractivity contribution in [3.63, 3.8) is 0 Å². The topological polar surface area (TPSA) is 115 Å². The van der Waals surface area contributed by atoms with Crippen LogP contribution in [0.3, 0.4) is 0 Å². The molecule has 0 aliphatic heterocycles. The summed E-state index contributed by atoms with van der Waals surface area (Å²) < 4.78 is 197. The molecule has 0 saturated carbocycles. The van der Waals surface area contributed by atoms with E-state index in [0.29, 0.717) is 0 Å². The Labute approximate surface area is 211 Å². The fourth-order valence-electron chi connectivity index (χ4n) is 2.83. The maximum atomic E-state index is 14.4. The van der Waals surface area contributed by atoms with Crippen LogP contribution in [-0.2, 0) is 19.6 Å². The lowest BCUT2D eigenvalue weighted by molar-refractivity contribution is -0.890. The van der Waals surface area contributed by atoms with Crippen molar-refractivity contribution < 1.29 is 89.8 Å². The van der Waals surface area contributed by atoms with E-state index in [1.807, 2.05) is 0 Å². The van der Waals surface area contributed by atoms with Gasteiger partial charge in [-0.05, 0) is 0 Å². The number of rotatable bonds is 16. The minimum absolute atomic E-state index is 0.243. The molecule has 232 valence electrons. The third kappa shape index (κ3) is 7.16. The van der Waals surface area contributed by atoms with Crippen LogP contribution < -0.4 is 5.11 Å². The van der Waals surface area contributed by atoms with Crippen LogP contribution in [0.15, 0.2) is 0 Å². The molecule has 0 atom stereocenters. The van der Waals surface area contributed by atoms with Crippen molar-refractivity contribution in [1.82, 2.24) is 4.31 Å². The largest absolute Gasteiger partial charge is 0.550 e. The molecule has 0 aliphatic carbocycles. The zero-order valence-corrected chi connectivity index (χ0v) is 20.5. The summed E-state index contributed by atoms with van der Waals surface area (Å²) in [6, 6.07) is 0. The fraction of sp³-hybridized carbons (Fsp3) is 0.882. The number of hydrogen-bond acceptors (Lipinski definition) is 5. The molecule has 0 bridgehead atoms. The number of halogens is 13. The number of nitrogens with zero attached hydrogens (tertiary/aromatic N) is 2. The van der Waals surface area contributed by atoms with Gasteiger partial charge >= 0.3 is 41.1 Å². The lowest BCUT2D eigenvalue weighted by atomic mass is 9.98. The van der Waals surface area contributed by atoms with Crippen molar-refractivity contribution >= 4 is 22.0 Å². The van der Waals surface area contributed by atoms with Crippen LogP contribution in [0.25, 0.3) is 0 Å². The second-order valence-corrected chi connectivity index (χ2v) is 10.7. The minimum atomic E-state index is -8.35. The van der Waals surface area contributed by atoms with Crippen LogP contribution in [0.4, 0.5) is 57.1 Å². The zero-order chi connectivity index (χ0) is 31.7. The Kier molecular flexibility index (Phi) is 10.8. The first-order valence-corrected chi connectivity index (χ1v) is 11.6. The van der Waals surface area contributed by atoms with Gasteiger partial charge in [-0.2, -0.15) is 61.4 Å². The molecule has 0 fully saturated rings. The van der Waals surface area contributed by atoms with Crippen molar-refractivity contribution in [2.45, 2.75) is 54.4 Å². The van der Waals surface area contributed by atoms with Gasteiger partial charge in [-0.15, -0.1) is 0 Å². The monoisotopic (exact) mass is 628 g/mol. The Morgan fingerprint density at radius 2 is 1.18 bits per heavy atom. The molecule has 0 aromatic heterocycles. The fourth-order valence-corrected chi connectivity index (χ4v) is 4.31. The number of aliphatic carboxylic acids is 2. The minimum Gasteiger partial charge on any atom is -0.550 e. The summed E-state index contributed by atoms with van der Waals surface area (Å²) in [5.74, 6) is -36.4. The maximum Gasteiger partial charge on any atom is 0.460 e. The number of carboxylic acid groups (broad SMARTS) is 2. The maximum absolute atomic E-state index is 14.4.